The smallest absolute Gasteiger partial charge is 0.280 e. The van der Waals surface area contributed by atoms with Crippen molar-refractivity contribution in [3.63, 3.8) is 0 Å². The number of guanidine groups is 1. The molecule has 0 spiro atoms. The van der Waals surface area contributed by atoms with Gasteiger partial charge in [0, 0.05) is 18.8 Å². The van der Waals surface area contributed by atoms with Crippen molar-refractivity contribution in [2.45, 2.75) is 102 Å². The second kappa shape index (κ2) is 25.2. The lowest BCUT2D eigenvalue weighted by molar-refractivity contribution is -0.119. The third-order valence-electron chi connectivity index (χ3n) is 10.7. The molecule has 1 aromatic heterocycles. The van der Waals surface area contributed by atoms with Crippen molar-refractivity contribution < 1.29 is 35.1 Å². The van der Waals surface area contributed by atoms with E-state index >= 15 is 0 Å². The van der Waals surface area contributed by atoms with Crippen LogP contribution in [-0.4, -0.2) is 121 Å². The van der Waals surface area contributed by atoms with Crippen LogP contribution in [0.25, 0.3) is 10.8 Å². The van der Waals surface area contributed by atoms with E-state index in [1.54, 1.807) is 0 Å². The molecule has 15 N–H and O–H groups in total. The molecule has 3 aromatic carbocycles. The van der Waals surface area contributed by atoms with Crippen LogP contribution in [0.1, 0.15) is 79.0 Å². The molecule has 0 aliphatic heterocycles. The van der Waals surface area contributed by atoms with E-state index in [-0.39, 0.29) is 40.9 Å². The average Bonchev–Trinajstić information content (AvgIpc) is 3.26. The number of nitrogens with zero attached hydrogens (tertiary/aromatic N) is 3. The van der Waals surface area contributed by atoms with Gasteiger partial charge in [-0.1, -0.05) is 86.3 Å². The number of benzene rings is 3. The molecule has 0 saturated carbocycles. The van der Waals surface area contributed by atoms with Crippen LogP contribution in [0, 0.1) is 5.41 Å². The molecule has 0 radical (unpaired) electrons. The highest BCUT2D eigenvalue weighted by atomic mass is 35.5. The molecule has 0 aliphatic carbocycles. The number of carbonyl (C=O) groups is 2. The Bertz CT molecular complexity index is 2060. The zero-order valence-electron chi connectivity index (χ0n) is 35.3. The van der Waals surface area contributed by atoms with Crippen LogP contribution in [0.5, 0.6) is 0 Å². The van der Waals surface area contributed by atoms with E-state index in [4.69, 9.17) is 39.3 Å². The normalized spacial score (nSPS) is 14.0. The molecule has 4 aromatic rings. The maximum atomic E-state index is 13.2. The Labute approximate surface area is 367 Å². The third kappa shape index (κ3) is 15.1. The number of hydrogen-bond donors (Lipinski definition) is 12. The number of anilines is 3. The highest BCUT2D eigenvalue weighted by Gasteiger charge is 2.31. The highest BCUT2D eigenvalue weighted by Crippen LogP contribution is 2.26. The van der Waals surface area contributed by atoms with Gasteiger partial charge in [-0.05, 0) is 97.6 Å². The Morgan fingerprint density at radius 1 is 0.806 bits per heavy atom. The topological polar surface area (TPSA) is 302 Å². The Balaban J connectivity index is 1.23. The highest BCUT2D eigenvalue weighted by molar-refractivity contribution is 6.31. The standard InChI is InChI=1S/C44H63ClN10O7/c1-2-3-4-9-22-55(25-34(57)37(59)38(60)35(58)26-56)23-10-11-27-15-19-30(20-16-27)51-42(61)33(46)24-29-18-17-28(31-13-5-6-14-32(29)31)12-7-8-21-50-44(49)54-43(62)36-40(47)53-41(48)39(45)52-36/h5-6,13-20,33-35,37-38,56-60H,2-4,7-12,21-26,46H2,1H3,(H,51,61)(H4,47,48,53)(H3,49,50,54,62)/t33-,34-,35+,37+,38+/m0/s1. The Morgan fingerprint density at radius 2 is 1.47 bits per heavy atom. The summed E-state index contributed by atoms with van der Waals surface area (Å²) < 4.78 is 0. The van der Waals surface area contributed by atoms with Gasteiger partial charge in [-0.15, -0.1) is 0 Å². The summed E-state index contributed by atoms with van der Waals surface area (Å²) in [6, 6.07) is 18.9. The number of aryl methyl sites for hydroxylation is 2. The molecular weight excluding hydrogens is 816 g/mol. The third-order valence-corrected chi connectivity index (χ3v) is 11.0. The number of rotatable bonds is 25. The van der Waals surface area contributed by atoms with Gasteiger partial charge in [-0.25, -0.2) is 9.97 Å². The van der Waals surface area contributed by atoms with E-state index < -0.39 is 43.0 Å². The largest absolute Gasteiger partial charge is 0.394 e. The van der Waals surface area contributed by atoms with Crippen molar-refractivity contribution in [1.29, 1.82) is 5.41 Å². The number of hydrogen-bond acceptors (Lipinski definition) is 14. The summed E-state index contributed by atoms with van der Waals surface area (Å²) in [6.07, 6.45) is 2.18. The predicted octanol–water partition coefficient (Wildman–Crippen LogP) is 2.48. The number of halogens is 1. The molecule has 0 fully saturated rings. The molecule has 62 heavy (non-hydrogen) atoms. The summed E-state index contributed by atoms with van der Waals surface area (Å²) in [4.78, 5) is 35.4. The van der Waals surface area contributed by atoms with Crippen LogP contribution in [0.4, 0.5) is 17.3 Å². The fourth-order valence-corrected chi connectivity index (χ4v) is 7.24. The minimum atomic E-state index is -1.66. The molecule has 18 heteroatoms. The fourth-order valence-electron chi connectivity index (χ4n) is 7.12. The minimum Gasteiger partial charge on any atom is -0.394 e. The van der Waals surface area contributed by atoms with Crippen molar-refractivity contribution in [1.82, 2.24) is 25.5 Å². The first-order valence-corrected chi connectivity index (χ1v) is 21.5. The van der Waals surface area contributed by atoms with Gasteiger partial charge in [-0.2, -0.15) is 0 Å². The molecule has 2 amide bonds. The van der Waals surface area contributed by atoms with E-state index in [2.05, 4.69) is 45.0 Å². The summed E-state index contributed by atoms with van der Waals surface area (Å²) in [5, 5.41) is 68.0. The van der Waals surface area contributed by atoms with Gasteiger partial charge >= 0.3 is 0 Å². The van der Waals surface area contributed by atoms with Crippen molar-refractivity contribution in [2.24, 2.45) is 5.73 Å². The summed E-state index contributed by atoms with van der Waals surface area (Å²) in [5.41, 5.74) is 21.3. The number of carbonyl (C=O) groups excluding carboxylic acids is 2. The van der Waals surface area contributed by atoms with Gasteiger partial charge in [0.15, 0.2) is 28.4 Å². The SMILES string of the molecule is CCCCCCN(CCCc1ccc(NC(=O)[C@@H](N)Cc2ccc(CCCCNC(=N)NC(=O)c3nc(Cl)c(N)nc3N)c3ccccc23)cc1)C[C@H](O)[C@@H](O)[C@H](O)[C@H](O)CO. The number of unbranched alkanes of at least 4 members (excludes halogenated alkanes) is 4. The van der Waals surface area contributed by atoms with Gasteiger partial charge in [0.1, 0.15) is 18.3 Å². The zero-order chi connectivity index (χ0) is 45.2. The molecule has 0 bridgehead atoms. The molecule has 0 saturated heterocycles. The number of aliphatic hydroxyl groups is 5. The van der Waals surface area contributed by atoms with Crippen LogP contribution in [0.2, 0.25) is 5.15 Å². The quantitative estimate of drug-likeness (QED) is 0.0259. The van der Waals surface area contributed by atoms with Crippen molar-refractivity contribution in [3.8, 4) is 0 Å². The maximum Gasteiger partial charge on any atom is 0.280 e. The Morgan fingerprint density at radius 3 is 2.16 bits per heavy atom. The average molecular weight is 880 g/mol. The number of fused-ring (bicyclic) bond motifs is 1. The number of aromatic nitrogens is 2. The summed E-state index contributed by atoms with van der Waals surface area (Å²) in [5.74, 6) is -1.53. The Kier molecular flexibility index (Phi) is 20.2. The number of nitrogen functional groups attached to an aromatic ring is 2. The molecule has 4 rings (SSSR count). The number of nitrogens with one attached hydrogen (secondary N) is 4. The predicted molar refractivity (Wildman–Crippen MR) is 243 cm³/mol. The maximum absolute atomic E-state index is 13.2. The van der Waals surface area contributed by atoms with Crippen LogP contribution in [0.3, 0.4) is 0 Å². The Hall–Kier alpha value is -4.98. The molecular formula is C44H63ClN10O7. The van der Waals surface area contributed by atoms with Gasteiger partial charge < -0.3 is 58.3 Å². The molecule has 5 atom stereocenters. The first-order chi connectivity index (χ1) is 29.7. The van der Waals surface area contributed by atoms with Crippen LogP contribution in [-0.2, 0) is 24.1 Å². The molecule has 0 aliphatic rings. The lowest BCUT2D eigenvalue weighted by atomic mass is 9.93. The number of nitrogens with two attached hydrogens (primary N) is 3. The first kappa shape index (κ1) is 49.7. The van der Waals surface area contributed by atoms with E-state index in [0.717, 1.165) is 85.3 Å². The van der Waals surface area contributed by atoms with E-state index in [1.807, 2.05) is 53.4 Å². The van der Waals surface area contributed by atoms with Crippen LogP contribution >= 0.6 is 11.6 Å². The zero-order valence-corrected chi connectivity index (χ0v) is 36.0. The molecule has 0 unspecified atom stereocenters. The van der Waals surface area contributed by atoms with E-state index in [0.29, 0.717) is 31.7 Å². The number of amides is 2. The molecule has 17 nitrogen and oxygen atoms in total. The minimum absolute atomic E-state index is 0.0945. The van der Waals surface area contributed by atoms with Gasteiger partial charge in [0.05, 0.1) is 18.8 Å². The van der Waals surface area contributed by atoms with Crippen molar-refractivity contribution in [2.75, 3.05) is 49.6 Å². The number of aliphatic hydroxyl groups excluding tert-OH is 5. The lowest BCUT2D eigenvalue weighted by Crippen LogP contribution is -2.50. The van der Waals surface area contributed by atoms with Gasteiger partial charge in [0.2, 0.25) is 5.91 Å². The van der Waals surface area contributed by atoms with E-state index in [9.17, 15) is 30.0 Å². The van der Waals surface area contributed by atoms with Crippen LogP contribution in [0.15, 0.2) is 60.7 Å². The first-order valence-electron chi connectivity index (χ1n) is 21.1. The van der Waals surface area contributed by atoms with Crippen molar-refractivity contribution in [3.05, 3.63) is 88.2 Å². The summed E-state index contributed by atoms with van der Waals surface area (Å²) in [7, 11) is 0. The van der Waals surface area contributed by atoms with E-state index in [1.165, 1.54) is 0 Å². The van der Waals surface area contributed by atoms with Crippen molar-refractivity contribution >= 4 is 57.5 Å². The lowest BCUT2D eigenvalue weighted by Gasteiger charge is -2.30. The van der Waals surface area contributed by atoms with Crippen LogP contribution < -0.4 is 33.2 Å². The molecule has 338 valence electrons. The molecule has 1 heterocycles. The van der Waals surface area contributed by atoms with Gasteiger partial charge in [-0.3, -0.25) is 20.3 Å². The van der Waals surface area contributed by atoms with Gasteiger partial charge in [0.25, 0.3) is 5.91 Å². The second-order valence-corrected chi connectivity index (χ2v) is 15.9. The monoisotopic (exact) mass is 878 g/mol. The second-order valence-electron chi connectivity index (χ2n) is 15.5. The summed E-state index contributed by atoms with van der Waals surface area (Å²) in [6.45, 7) is 3.31. The summed E-state index contributed by atoms with van der Waals surface area (Å²) >= 11 is 5.86. The fraction of sp³-hybridized carbons (Fsp3) is 0.477.